The van der Waals surface area contributed by atoms with E-state index in [1.807, 2.05) is 0 Å². The minimum absolute atomic E-state index is 0.231. The first-order valence-electron chi connectivity index (χ1n) is 5.33. The first-order valence-corrected chi connectivity index (χ1v) is 8.42. The van der Waals surface area contributed by atoms with Crippen molar-refractivity contribution in [2.24, 2.45) is 0 Å². The Balaban J connectivity index is 3.23. The van der Waals surface area contributed by atoms with Crippen molar-refractivity contribution in [1.82, 2.24) is 0 Å². The molecular weight excluding hydrogens is 318 g/mol. The summed E-state index contributed by atoms with van der Waals surface area (Å²) in [5.74, 6) is -0.328. The van der Waals surface area contributed by atoms with E-state index in [0.29, 0.717) is 12.1 Å². The molecule has 1 rings (SSSR count). The lowest BCUT2D eigenvalue weighted by Gasteiger charge is -2.18. The number of nitro benzene ring substituents is 1. The molecule has 20 heavy (non-hydrogen) atoms. The molecule has 0 fully saturated rings. The highest BCUT2D eigenvalue weighted by Gasteiger charge is 2.33. The molecule has 0 saturated heterocycles. The summed E-state index contributed by atoms with van der Waals surface area (Å²) in [6.07, 6.45) is -4.72. The third kappa shape index (κ3) is 4.73. The van der Waals surface area contributed by atoms with Gasteiger partial charge in [-0.2, -0.15) is 13.2 Å². The highest BCUT2D eigenvalue weighted by atomic mass is 32.5. The first kappa shape index (κ1) is 16.9. The molecule has 10 heteroatoms. The van der Waals surface area contributed by atoms with E-state index in [1.165, 1.54) is 6.66 Å². The second-order valence-electron chi connectivity index (χ2n) is 3.75. The molecule has 0 amide bonds. The van der Waals surface area contributed by atoms with Crippen molar-refractivity contribution >= 4 is 24.0 Å². The Kier molecular flexibility index (Phi) is 5.12. The molecule has 0 spiro atoms. The van der Waals surface area contributed by atoms with E-state index in [0.717, 1.165) is 6.07 Å². The van der Waals surface area contributed by atoms with Crippen molar-refractivity contribution in [2.45, 2.75) is 13.1 Å². The average molecular weight is 329 g/mol. The summed E-state index contributed by atoms with van der Waals surface area (Å²) in [6.45, 7) is 0.521. The van der Waals surface area contributed by atoms with Crippen molar-refractivity contribution in [3.8, 4) is 5.75 Å². The largest absolute Gasteiger partial charge is 0.443 e. The lowest BCUT2D eigenvalue weighted by molar-refractivity contribution is -0.385. The molecule has 0 saturated carbocycles. The van der Waals surface area contributed by atoms with E-state index >= 15 is 0 Å². The molecule has 1 aromatic rings. The van der Waals surface area contributed by atoms with E-state index in [1.54, 1.807) is 6.92 Å². The summed E-state index contributed by atoms with van der Waals surface area (Å²) in [6, 6.07) is 1.99. The molecule has 1 atom stereocenters. The van der Waals surface area contributed by atoms with Gasteiger partial charge < -0.3 is 9.05 Å². The number of hydrogen-bond acceptors (Lipinski definition) is 5. The minimum Gasteiger partial charge on any atom is -0.443 e. The monoisotopic (exact) mass is 329 g/mol. The molecule has 1 aromatic carbocycles. The Bertz CT molecular complexity index is 564. The summed E-state index contributed by atoms with van der Waals surface area (Å²) in [5, 5.41) is 10.7. The Morgan fingerprint density at radius 2 is 2.00 bits per heavy atom. The Labute approximate surface area is 118 Å². The fraction of sp³-hybridized carbons (Fsp3) is 0.400. The number of non-ortho nitro benzene ring substituents is 1. The van der Waals surface area contributed by atoms with Crippen LogP contribution in [-0.2, 0) is 22.5 Å². The van der Waals surface area contributed by atoms with Crippen molar-refractivity contribution in [3.05, 3.63) is 33.9 Å². The van der Waals surface area contributed by atoms with Gasteiger partial charge >= 0.3 is 6.18 Å². The summed E-state index contributed by atoms with van der Waals surface area (Å²) in [5.41, 5.74) is -1.89. The molecule has 0 bridgehead atoms. The topological polar surface area (TPSA) is 61.6 Å². The van der Waals surface area contributed by atoms with Crippen LogP contribution in [0.2, 0.25) is 0 Å². The quantitative estimate of drug-likeness (QED) is 0.465. The average Bonchev–Trinajstić information content (AvgIpc) is 2.26. The number of benzene rings is 1. The van der Waals surface area contributed by atoms with Gasteiger partial charge in [0.05, 0.1) is 23.2 Å². The van der Waals surface area contributed by atoms with Gasteiger partial charge in [0.25, 0.3) is 5.69 Å². The number of halogens is 3. The molecule has 0 N–H and O–H groups in total. The smallest absolute Gasteiger partial charge is 0.416 e. The normalized spacial score (nSPS) is 14.7. The molecule has 0 aliphatic rings. The van der Waals surface area contributed by atoms with Crippen LogP contribution in [0.1, 0.15) is 12.5 Å². The van der Waals surface area contributed by atoms with Gasteiger partial charge in [0.1, 0.15) is 5.75 Å². The Morgan fingerprint density at radius 3 is 2.45 bits per heavy atom. The van der Waals surface area contributed by atoms with Crippen LogP contribution in [0.25, 0.3) is 0 Å². The predicted molar refractivity (Wildman–Crippen MR) is 70.6 cm³/mol. The SMILES string of the molecule is CCOP(C)(=S)Oc1cc([N+](=O)[O-])cc(C(F)(F)F)c1. The number of hydrogen-bond donors (Lipinski definition) is 0. The van der Waals surface area contributed by atoms with Crippen molar-refractivity contribution in [1.29, 1.82) is 0 Å². The van der Waals surface area contributed by atoms with Gasteiger partial charge in [0, 0.05) is 12.7 Å². The number of nitrogens with zero attached hydrogens (tertiary/aromatic N) is 1. The van der Waals surface area contributed by atoms with Crippen LogP contribution >= 0.6 is 6.49 Å². The van der Waals surface area contributed by atoms with E-state index in [9.17, 15) is 23.3 Å². The number of alkyl halides is 3. The first-order chi connectivity index (χ1) is 9.05. The van der Waals surface area contributed by atoms with Crippen molar-refractivity contribution in [3.63, 3.8) is 0 Å². The summed E-state index contributed by atoms with van der Waals surface area (Å²) in [4.78, 5) is 9.73. The zero-order valence-electron chi connectivity index (χ0n) is 10.5. The zero-order chi connectivity index (χ0) is 15.6. The molecule has 112 valence electrons. The standard InChI is InChI=1S/C10H11F3NO4PS/c1-3-17-19(2,20)18-9-5-7(10(11,12)13)4-8(6-9)14(15)16/h4-6H,3H2,1-2H3. The van der Waals surface area contributed by atoms with Gasteiger partial charge in [-0.15, -0.1) is 0 Å². The van der Waals surface area contributed by atoms with Crippen LogP contribution in [0.15, 0.2) is 18.2 Å². The maximum absolute atomic E-state index is 12.7. The maximum Gasteiger partial charge on any atom is 0.416 e. The molecular formula is C10H11F3NO4PS. The van der Waals surface area contributed by atoms with Crippen LogP contribution in [0.5, 0.6) is 5.75 Å². The molecule has 0 aliphatic heterocycles. The predicted octanol–water partition coefficient (Wildman–Crippen LogP) is 3.97. The summed E-state index contributed by atoms with van der Waals surface area (Å²) in [7, 11) is 0. The van der Waals surface area contributed by atoms with Gasteiger partial charge in [-0.3, -0.25) is 10.1 Å². The van der Waals surface area contributed by atoms with Gasteiger partial charge in [0.15, 0.2) is 0 Å². The van der Waals surface area contributed by atoms with E-state index in [2.05, 4.69) is 0 Å². The van der Waals surface area contributed by atoms with E-state index in [-0.39, 0.29) is 12.4 Å². The van der Waals surface area contributed by atoms with Gasteiger partial charge in [0.2, 0.25) is 6.49 Å². The van der Waals surface area contributed by atoms with Gasteiger partial charge in [-0.25, -0.2) is 0 Å². The second kappa shape index (κ2) is 6.07. The summed E-state index contributed by atoms with van der Waals surface area (Å²) < 4.78 is 48.3. The van der Waals surface area contributed by atoms with Gasteiger partial charge in [-0.1, -0.05) is 0 Å². The molecule has 0 aliphatic carbocycles. The van der Waals surface area contributed by atoms with Crippen LogP contribution in [0, 0.1) is 10.1 Å². The fourth-order valence-corrected chi connectivity index (χ4v) is 2.94. The van der Waals surface area contributed by atoms with Crippen LogP contribution in [0.3, 0.4) is 0 Å². The van der Waals surface area contributed by atoms with Crippen LogP contribution < -0.4 is 4.52 Å². The van der Waals surface area contributed by atoms with E-state index < -0.39 is 28.8 Å². The van der Waals surface area contributed by atoms with Crippen LogP contribution in [0.4, 0.5) is 18.9 Å². The summed E-state index contributed by atoms with van der Waals surface area (Å²) >= 11 is 4.99. The van der Waals surface area contributed by atoms with E-state index in [4.69, 9.17) is 20.9 Å². The molecule has 0 radical (unpaired) electrons. The maximum atomic E-state index is 12.7. The fourth-order valence-electron chi connectivity index (χ4n) is 1.36. The minimum atomic E-state index is -4.72. The number of nitro groups is 1. The van der Waals surface area contributed by atoms with Crippen molar-refractivity contribution in [2.75, 3.05) is 13.3 Å². The highest BCUT2D eigenvalue weighted by Crippen LogP contribution is 2.46. The van der Waals surface area contributed by atoms with Gasteiger partial charge in [-0.05, 0) is 24.8 Å². The Morgan fingerprint density at radius 1 is 1.40 bits per heavy atom. The second-order valence-corrected chi connectivity index (χ2v) is 7.72. The third-order valence-electron chi connectivity index (χ3n) is 2.06. The lowest BCUT2D eigenvalue weighted by Crippen LogP contribution is -2.06. The Hall–Kier alpha value is -1.18. The zero-order valence-corrected chi connectivity index (χ0v) is 12.2. The number of rotatable bonds is 5. The molecule has 5 nitrogen and oxygen atoms in total. The third-order valence-corrected chi connectivity index (χ3v) is 3.87. The van der Waals surface area contributed by atoms with Crippen molar-refractivity contribution < 1.29 is 27.1 Å². The van der Waals surface area contributed by atoms with Crippen LogP contribution in [-0.4, -0.2) is 18.2 Å². The highest BCUT2D eigenvalue weighted by molar-refractivity contribution is 8.09. The lowest BCUT2D eigenvalue weighted by atomic mass is 10.2. The molecule has 1 unspecified atom stereocenters. The molecule has 0 aromatic heterocycles. The molecule has 0 heterocycles.